The first-order valence-electron chi connectivity index (χ1n) is 4.87. The van der Waals surface area contributed by atoms with Crippen molar-refractivity contribution in [3.8, 4) is 5.75 Å². The first kappa shape index (κ1) is 11.7. The molecular formula is C13H10Br2O. The minimum atomic E-state index is 0.312. The Bertz CT molecular complexity index is 495. The van der Waals surface area contributed by atoms with Crippen molar-refractivity contribution in [3.05, 3.63) is 62.5 Å². The molecular weight excluding hydrogens is 332 g/mol. The molecule has 0 heterocycles. The van der Waals surface area contributed by atoms with E-state index in [1.54, 1.807) is 0 Å². The lowest BCUT2D eigenvalue weighted by molar-refractivity contribution is 0.466. The first-order chi connectivity index (χ1) is 7.66. The summed E-state index contributed by atoms with van der Waals surface area (Å²) >= 11 is 6.75. The summed E-state index contributed by atoms with van der Waals surface area (Å²) in [6.45, 7) is 0. The number of aromatic hydroxyl groups is 1. The molecule has 0 amide bonds. The van der Waals surface area contributed by atoms with Gasteiger partial charge in [0.2, 0.25) is 0 Å². The maximum absolute atomic E-state index is 9.92. The van der Waals surface area contributed by atoms with Crippen LogP contribution in [0.4, 0.5) is 0 Å². The molecule has 0 aliphatic carbocycles. The zero-order chi connectivity index (χ0) is 11.5. The molecule has 0 saturated heterocycles. The standard InChI is InChI=1S/C13H10Br2O/c14-11-7-10(13(16)12(15)8-11)6-9-4-2-1-3-5-9/h1-5,7-8,16H,6H2. The summed E-state index contributed by atoms with van der Waals surface area (Å²) in [4.78, 5) is 0. The van der Waals surface area contributed by atoms with E-state index in [1.165, 1.54) is 5.56 Å². The molecule has 0 bridgehead atoms. The minimum Gasteiger partial charge on any atom is -0.506 e. The summed E-state index contributed by atoms with van der Waals surface area (Å²) in [5.41, 5.74) is 2.09. The van der Waals surface area contributed by atoms with Crippen LogP contribution in [0.1, 0.15) is 11.1 Å². The van der Waals surface area contributed by atoms with Gasteiger partial charge in [0.25, 0.3) is 0 Å². The van der Waals surface area contributed by atoms with E-state index in [0.29, 0.717) is 10.2 Å². The Morgan fingerprint density at radius 1 is 1.00 bits per heavy atom. The van der Waals surface area contributed by atoms with Crippen LogP contribution in [0.15, 0.2) is 51.4 Å². The van der Waals surface area contributed by atoms with Crippen LogP contribution in [0, 0.1) is 0 Å². The van der Waals surface area contributed by atoms with Gasteiger partial charge in [-0.2, -0.15) is 0 Å². The second kappa shape index (κ2) is 5.02. The lowest BCUT2D eigenvalue weighted by atomic mass is 10.0. The van der Waals surface area contributed by atoms with Crippen LogP contribution >= 0.6 is 31.9 Å². The molecule has 0 atom stereocenters. The number of hydrogen-bond acceptors (Lipinski definition) is 1. The summed E-state index contributed by atoms with van der Waals surface area (Å²) in [7, 11) is 0. The van der Waals surface area contributed by atoms with E-state index in [-0.39, 0.29) is 0 Å². The Morgan fingerprint density at radius 3 is 2.38 bits per heavy atom. The third-order valence-corrected chi connectivity index (χ3v) is 3.41. The molecule has 0 aliphatic rings. The van der Waals surface area contributed by atoms with Gasteiger partial charge in [0, 0.05) is 16.5 Å². The molecule has 2 aromatic rings. The molecule has 16 heavy (non-hydrogen) atoms. The van der Waals surface area contributed by atoms with Crippen LogP contribution in [-0.4, -0.2) is 5.11 Å². The van der Waals surface area contributed by atoms with Gasteiger partial charge in [-0.1, -0.05) is 46.3 Å². The molecule has 2 rings (SSSR count). The molecule has 3 heteroatoms. The summed E-state index contributed by atoms with van der Waals surface area (Å²) in [6, 6.07) is 13.9. The molecule has 0 saturated carbocycles. The smallest absolute Gasteiger partial charge is 0.133 e. The van der Waals surface area contributed by atoms with Crippen molar-refractivity contribution in [3.63, 3.8) is 0 Å². The van der Waals surface area contributed by atoms with Crippen molar-refractivity contribution in [2.45, 2.75) is 6.42 Å². The SMILES string of the molecule is Oc1c(Br)cc(Br)cc1Cc1ccccc1. The second-order valence-corrected chi connectivity index (χ2v) is 5.33. The fraction of sp³-hybridized carbons (Fsp3) is 0.0769. The molecule has 0 fully saturated rings. The van der Waals surface area contributed by atoms with E-state index >= 15 is 0 Å². The van der Waals surface area contributed by atoms with Crippen LogP contribution in [0.25, 0.3) is 0 Å². The fourth-order valence-electron chi connectivity index (χ4n) is 1.57. The quantitative estimate of drug-likeness (QED) is 0.852. The van der Waals surface area contributed by atoms with Crippen LogP contribution < -0.4 is 0 Å². The average molecular weight is 342 g/mol. The highest BCUT2D eigenvalue weighted by atomic mass is 79.9. The summed E-state index contributed by atoms with van der Waals surface area (Å²) in [5, 5.41) is 9.92. The van der Waals surface area contributed by atoms with Gasteiger partial charge in [0.15, 0.2) is 0 Å². The van der Waals surface area contributed by atoms with E-state index < -0.39 is 0 Å². The predicted molar refractivity (Wildman–Crippen MR) is 72.8 cm³/mol. The minimum absolute atomic E-state index is 0.312. The average Bonchev–Trinajstić information content (AvgIpc) is 2.27. The highest BCUT2D eigenvalue weighted by Crippen LogP contribution is 2.32. The normalized spacial score (nSPS) is 10.4. The van der Waals surface area contributed by atoms with Gasteiger partial charge in [0.05, 0.1) is 4.47 Å². The highest BCUT2D eigenvalue weighted by molar-refractivity contribution is 9.11. The largest absolute Gasteiger partial charge is 0.506 e. The maximum Gasteiger partial charge on any atom is 0.133 e. The van der Waals surface area contributed by atoms with E-state index in [1.807, 2.05) is 42.5 Å². The molecule has 0 spiro atoms. The summed E-state index contributed by atoms with van der Waals surface area (Å²) in [5.74, 6) is 0.312. The third-order valence-electron chi connectivity index (χ3n) is 2.34. The van der Waals surface area contributed by atoms with Gasteiger partial charge in [-0.25, -0.2) is 0 Å². The van der Waals surface area contributed by atoms with E-state index in [4.69, 9.17) is 0 Å². The van der Waals surface area contributed by atoms with Crippen molar-refractivity contribution >= 4 is 31.9 Å². The Kier molecular flexibility index (Phi) is 3.66. The predicted octanol–water partition coefficient (Wildman–Crippen LogP) is 4.51. The second-order valence-electron chi connectivity index (χ2n) is 3.56. The van der Waals surface area contributed by atoms with Crippen molar-refractivity contribution in [2.24, 2.45) is 0 Å². The number of phenols is 1. The number of hydrogen-bond donors (Lipinski definition) is 1. The van der Waals surface area contributed by atoms with Gasteiger partial charge in [-0.3, -0.25) is 0 Å². The van der Waals surface area contributed by atoms with Crippen molar-refractivity contribution < 1.29 is 5.11 Å². The molecule has 1 nitrogen and oxygen atoms in total. The molecule has 1 N–H and O–H groups in total. The molecule has 0 aromatic heterocycles. The van der Waals surface area contributed by atoms with Crippen molar-refractivity contribution in [1.29, 1.82) is 0 Å². The van der Waals surface area contributed by atoms with Crippen LogP contribution in [0.5, 0.6) is 5.75 Å². The number of halogens is 2. The molecule has 2 aromatic carbocycles. The maximum atomic E-state index is 9.92. The Morgan fingerprint density at radius 2 is 1.69 bits per heavy atom. The van der Waals surface area contributed by atoms with Crippen LogP contribution in [0.3, 0.4) is 0 Å². The van der Waals surface area contributed by atoms with Crippen molar-refractivity contribution in [1.82, 2.24) is 0 Å². The number of rotatable bonds is 2. The Hall–Kier alpha value is -0.800. The lowest BCUT2D eigenvalue weighted by Crippen LogP contribution is -1.89. The van der Waals surface area contributed by atoms with Gasteiger partial charge < -0.3 is 5.11 Å². The third kappa shape index (κ3) is 2.66. The number of benzene rings is 2. The van der Waals surface area contributed by atoms with Gasteiger partial charge >= 0.3 is 0 Å². The molecule has 0 radical (unpaired) electrons. The summed E-state index contributed by atoms with van der Waals surface area (Å²) in [6.07, 6.45) is 0.727. The Balaban J connectivity index is 2.35. The number of phenolic OH excluding ortho intramolecular Hbond substituents is 1. The monoisotopic (exact) mass is 340 g/mol. The fourth-order valence-corrected chi connectivity index (χ4v) is 2.88. The zero-order valence-electron chi connectivity index (χ0n) is 8.45. The zero-order valence-corrected chi connectivity index (χ0v) is 11.6. The molecule has 0 unspecified atom stereocenters. The van der Waals surface area contributed by atoms with E-state index in [2.05, 4.69) is 31.9 Å². The van der Waals surface area contributed by atoms with Crippen molar-refractivity contribution in [2.75, 3.05) is 0 Å². The molecule has 82 valence electrons. The summed E-state index contributed by atoms with van der Waals surface area (Å²) < 4.78 is 1.68. The lowest BCUT2D eigenvalue weighted by Gasteiger charge is -2.07. The van der Waals surface area contributed by atoms with Gasteiger partial charge in [0.1, 0.15) is 5.75 Å². The first-order valence-corrected chi connectivity index (χ1v) is 6.46. The van der Waals surface area contributed by atoms with Crippen LogP contribution in [-0.2, 0) is 6.42 Å². The van der Waals surface area contributed by atoms with Gasteiger partial charge in [-0.15, -0.1) is 0 Å². The molecule has 0 aliphatic heterocycles. The topological polar surface area (TPSA) is 20.2 Å². The van der Waals surface area contributed by atoms with Gasteiger partial charge in [-0.05, 0) is 33.6 Å². The van der Waals surface area contributed by atoms with E-state index in [0.717, 1.165) is 16.5 Å². The Labute approximate surface area is 111 Å². The highest BCUT2D eigenvalue weighted by Gasteiger charge is 2.07. The van der Waals surface area contributed by atoms with E-state index in [9.17, 15) is 5.11 Å². The van der Waals surface area contributed by atoms with Crippen LogP contribution in [0.2, 0.25) is 0 Å².